The normalized spacial score (nSPS) is 10.7. The molecule has 0 aliphatic heterocycles. The lowest BCUT2D eigenvalue weighted by molar-refractivity contribution is 0.101. The van der Waals surface area contributed by atoms with Crippen molar-refractivity contribution in [1.82, 2.24) is 9.71 Å². The summed E-state index contributed by atoms with van der Waals surface area (Å²) in [5, 5.41) is 13.4. The van der Waals surface area contributed by atoms with E-state index in [1.807, 2.05) is 0 Å². The first-order valence-electron chi connectivity index (χ1n) is 9.25. The molecule has 30 heavy (non-hydrogen) atoms. The second-order valence-electron chi connectivity index (χ2n) is 6.77. The second-order valence-corrected chi connectivity index (χ2v) is 6.77. The molecule has 1 aromatic heterocycles. The van der Waals surface area contributed by atoms with Gasteiger partial charge in [-0.25, -0.2) is 4.98 Å². The van der Waals surface area contributed by atoms with E-state index < -0.39 is 0 Å². The summed E-state index contributed by atoms with van der Waals surface area (Å²) in [7, 11) is 1.55. The third-order valence-corrected chi connectivity index (χ3v) is 4.77. The first-order chi connectivity index (χ1) is 14.5. The van der Waals surface area contributed by atoms with Crippen molar-refractivity contribution in [2.24, 2.45) is 0 Å². The number of hydrogen-bond acceptors (Lipinski definition) is 5. The molecule has 7 heteroatoms. The number of fused-ring (bicyclic) bond motifs is 1. The minimum Gasteiger partial charge on any atom is -0.497 e. The van der Waals surface area contributed by atoms with Crippen LogP contribution in [-0.2, 0) is 0 Å². The van der Waals surface area contributed by atoms with Crippen molar-refractivity contribution in [2.75, 3.05) is 12.4 Å². The summed E-state index contributed by atoms with van der Waals surface area (Å²) < 4.78 is 6.11. The maximum absolute atomic E-state index is 12.4. The molecule has 0 atom stereocenters. The van der Waals surface area contributed by atoms with Crippen molar-refractivity contribution in [3.63, 3.8) is 0 Å². The Labute approximate surface area is 172 Å². The molecule has 4 aromatic rings. The van der Waals surface area contributed by atoms with Crippen LogP contribution in [0.3, 0.4) is 0 Å². The van der Waals surface area contributed by atoms with Crippen LogP contribution in [0.4, 0.5) is 5.69 Å². The molecule has 1 amide bonds. The highest BCUT2D eigenvalue weighted by atomic mass is 16.5. The molecule has 2 N–H and O–H groups in total. The number of imidazole rings is 1. The van der Waals surface area contributed by atoms with E-state index in [0.29, 0.717) is 45.0 Å². The molecule has 0 aliphatic rings. The summed E-state index contributed by atoms with van der Waals surface area (Å²) in [4.78, 5) is 28.5. The molecule has 4 rings (SSSR count). The Bertz CT molecular complexity index is 1260. The summed E-state index contributed by atoms with van der Waals surface area (Å²) in [6, 6.07) is 18.8. The fourth-order valence-corrected chi connectivity index (χ4v) is 3.14. The average Bonchev–Trinajstić information content (AvgIpc) is 3.10. The number of carbonyl (C=O) groups is 2. The molecule has 0 unspecified atom stereocenters. The van der Waals surface area contributed by atoms with E-state index in [4.69, 9.17) is 4.74 Å². The van der Waals surface area contributed by atoms with Crippen LogP contribution in [0.15, 0.2) is 66.7 Å². The number of hydrogen-bond donors (Lipinski definition) is 2. The average molecular weight is 401 g/mol. The Morgan fingerprint density at radius 2 is 1.77 bits per heavy atom. The van der Waals surface area contributed by atoms with Gasteiger partial charge in [-0.2, -0.15) is 4.73 Å². The third-order valence-electron chi connectivity index (χ3n) is 4.77. The number of carbonyl (C=O) groups excluding carboxylic acids is 2. The number of amides is 1. The monoisotopic (exact) mass is 401 g/mol. The van der Waals surface area contributed by atoms with Crippen LogP contribution in [0.5, 0.6) is 5.75 Å². The van der Waals surface area contributed by atoms with Gasteiger partial charge in [-0.3, -0.25) is 9.59 Å². The summed E-state index contributed by atoms with van der Waals surface area (Å²) in [6.07, 6.45) is 0. The second kappa shape index (κ2) is 7.71. The minimum absolute atomic E-state index is 0.0872. The number of nitrogens with zero attached hydrogens (tertiary/aromatic N) is 2. The molecule has 0 fully saturated rings. The van der Waals surface area contributed by atoms with E-state index in [1.54, 1.807) is 73.8 Å². The smallest absolute Gasteiger partial charge is 0.255 e. The van der Waals surface area contributed by atoms with Crippen molar-refractivity contribution < 1.29 is 19.5 Å². The summed E-state index contributed by atoms with van der Waals surface area (Å²) in [5.74, 6) is 0.604. The van der Waals surface area contributed by atoms with Crippen LogP contribution in [0.1, 0.15) is 27.6 Å². The van der Waals surface area contributed by atoms with Gasteiger partial charge in [0.2, 0.25) is 0 Å². The maximum Gasteiger partial charge on any atom is 0.255 e. The highest BCUT2D eigenvalue weighted by Crippen LogP contribution is 2.26. The Morgan fingerprint density at radius 1 is 1.00 bits per heavy atom. The van der Waals surface area contributed by atoms with Gasteiger partial charge in [0.25, 0.3) is 5.91 Å². The molecule has 0 bridgehead atoms. The van der Waals surface area contributed by atoms with Gasteiger partial charge in [0.15, 0.2) is 11.6 Å². The number of ether oxygens (including phenoxy) is 1. The molecule has 0 saturated carbocycles. The quantitative estimate of drug-likeness (QED) is 0.382. The van der Waals surface area contributed by atoms with Crippen LogP contribution >= 0.6 is 0 Å². The number of rotatable bonds is 5. The van der Waals surface area contributed by atoms with Crippen LogP contribution in [0.25, 0.3) is 22.4 Å². The van der Waals surface area contributed by atoms with Gasteiger partial charge in [-0.05, 0) is 67.6 Å². The fourth-order valence-electron chi connectivity index (χ4n) is 3.14. The molecule has 0 aliphatic carbocycles. The van der Waals surface area contributed by atoms with Gasteiger partial charge in [-0.15, -0.1) is 0 Å². The van der Waals surface area contributed by atoms with Gasteiger partial charge in [0.05, 0.1) is 12.6 Å². The van der Waals surface area contributed by atoms with Gasteiger partial charge >= 0.3 is 0 Å². The fraction of sp³-hybridized carbons (Fsp3) is 0.0870. The molecule has 0 spiro atoms. The Hall–Kier alpha value is -4.13. The van der Waals surface area contributed by atoms with Crippen LogP contribution in [0.2, 0.25) is 0 Å². The number of anilines is 1. The zero-order valence-electron chi connectivity index (χ0n) is 16.4. The van der Waals surface area contributed by atoms with E-state index in [2.05, 4.69) is 10.3 Å². The standard InChI is InChI=1S/C23H19N3O4/c1-14(27)16-8-11-20-21(13-16)26(29)22(25-20)15-6-9-18(10-7-15)24-23(28)17-4-3-5-19(12-17)30-2/h3-13,29H,1-2H3,(H,24,28). The molecule has 3 aromatic carbocycles. The summed E-state index contributed by atoms with van der Waals surface area (Å²) in [6.45, 7) is 1.47. The van der Waals surface area contributed by atoms with Gasteiger partial charge in [0.1, 0.15) is 11.3 Å². The first-order valence-corrected chi connectivity index (χ1v) is 9.25. The number of aromatic nitrogens is 2. The minimum atomic E-state index is -0.257. The van der Waals surface area contributed by atoms with Crippen molar-refractivity contribution in [3.8, 4) is 17.1 Å². The SMILES string of the molecule is COc1cccc(C(=O)Nc2ccc(-c3nc4ccc(C(C)=O)cc4n3O)cc2)c1. The van der Waals surface area contributed by atoms with Crippen molar-refractivity contribution in [2.45, 2.75) is 6.92 Å². The van der Waals surface area contributed by atoms with Crippen molar-refractivity contribution in [1.29, 1.82) is 0 Å². The largest absolute Gasteiger partial charge is 0.497 e. The lowest BCUT2D eigenvalue weighted by atomic mass is 10.1. The van der Waals surface area contributed by atoms with Gasteiger partial charge in [0, 0.05) is 22.4 Å². The summed E-state index contributed by atoms with van der Waals surface area (Å²) in [5.41, 5.74) is 3.28. The summed E-state index contributed by atoms with van der Waals surface area (Å²) >= 11 is 0. The van der Waals surface area contributed by atoms with Gasteiger partial charge < -0.3 is 15.3 Å². The molecular formula is C23H19N3O4. The number of Topliss-reactive ketones (excluding diaryl/α,β-unsaturated/α-hetero) is 1. The first kappa shape index (κ1) is 19.2. The zero-order chi connectivity index (χ0) is 21.3. The van der Waals surface area contributed by atoms with Crippen molar-refractivity contribution in [3.05, 3.63) is 77.9 Å². The highest BCUT2D eigenvalue weighted by molar-refractivity contribution is 6.04. The zero-order valence-corrected chi connectivity index (χ0v) is 16.4. The number of ketones is 1. The van der Waals surface area contributed by atoms with Crippen molar-refractivity contribution >= 4 is 28.4 Å². The Kier molecular flexibility index (Phi) is 4.93. The topological polar surface area (TPSA) is 93.5 Å². The Morgan fingerprint density at radius 3 is 2.47 bits per heavy atom. The highest BCUT2D eigenvalue weighted by Gasteiger charge is 2.14. The van der Waals surface area contributed by atoms with Gasteiger partial charge in [-0.1, -0.05) is 6.07 Å². The lowest BCUT2D eigenvalue weighted by Crippen LogP contribution is -2.11. The molecule has 0 radical (unpaired) electrons. The van der Waals surface area contributed by atoms with Crippen LogP contribution < -0.4 is 10.1 Å². The number of methoxy groups -OCH3 is 1. The maximum atomic E-state index is 12.4. The van der Waals surface area contributed by atoms with E-state index in [9.17, 15) is 14.8 Å². The third kappa shape index (κ3) is 3.60. The van der Waals surface area contributed by atoms with Crippen LogP contribution in [0, 0.1) is 0 Å². The molecule has 7 nitrogen and oxygen atoms in total. The molecule has 1 heterocycles. The van der Waals surface area contributed by atoms with Crippen LogP contribution in [-0.4, -0.2) is 33.7 Å². The predicted octanol–water partition coefficient (Wildman–Crippen LogP) is 4.40. The molecular weight excluding hydrogens is 382 g/mol. The number of benzene rings is 3. The van der Waals surface area contributed by atoms with E-state index in [0.717, 1.165) is 4.73 Å². The lowest BCUT2D eigenvalue weighted by Gasteiger charge is -2.08. The molecule has 150 valence electrons. The Balaban J connectivity index is 1.58. The number of nitrogens with one attached hydrogen (secondary N) is 1. The van der Waals surface area contributed by atoms with E-state index >= 15 is 0 Å². The van der Waals surface area contributed by atoms with E-state index in [1.165, 1.54) is 6.92 Å². The predicted molar refractivity (Wildman–Crippen MR) is 113 cm³/mol. The molecule has 0 saturated heterocycles. The van der Waals surface area contributed by atoms with E-state index in [-0.39, 0.29) is 11.7 Å².